The van der Waals surface area contributed by atoms with Gasteiger partial charge in [0.2, 0.25) is 5.88 Å². The molecule has 0 radical (unpaired) electrons. The Morgan fingerprint density at radius 3 is 2.41 bits per heavy atom. The van der Waals surface area contributed by atoms with Crippen molar-refractivity contribution >= 4 is 22.4 Å². The van der Waals surface area contributed by atoms with Crippen LogP contribution in [0, 0.1) is 0 Å². The number of aromatic amines is 1. The second-order valence-corrected chi connectivity index (χ2v) is 7.86. The van der Waals surface area contributed by atoms with Crippen LogP contribution in [-0.2, 0) is 6.42 Å². The molecule has 0 unspecified atom stereocenters. The Hall–Kier alpha value is -4.03. The molecule has 0 spiro atoms. The number of nitrogens with zero attached hydrogens (tertiary/aromatic N) is 2. The first kappa shape index (κ1) is 19.9. The Balaban J connectivity index is 1.59. The molecule has 0 atom stereocenters. The molecule has 2 heterocycles. The van der Waals surface area contributed by atoms with Crippen LogP contribution in [0.4, 0.5) is 0 Å². The lowest BCUT2D eigenvalue weighted by atomic mass is 10.0. The molecule has 0 aliphatic rings. The Bertz CT molecular complexity index is 1510. The van der Waals surface area contributed by atoms with E-state index < -0.39 is 0 Å². The van der Waals surface area contributed by atoms with Crippen LogP contribution in [0.5, 0.6) is 11.8 Å². The molecule has 3 aromatic carbocycles. The van der Waals surface area contributed by atoms with Crippen LogP contribution in [0.1, 0.15) is 11.3 Å². The minimum atomic E-state index is -0.239. The number of aromatic hydroxyl groups is 2. The van der Waals surface area contributed by atoms with Crippen molar-refractivity contribution in [2.75, 3.05) is 0 Å². The average Bonchev–Trinajstić information content (AvgIpc) is 3.11. The van der Waals surface area contributed by atoms with Crippen LogP contribution < -0.4 is 5.56 Å². The summed E-state index contributed by atoms with van der Waals surface area (Å²) in [7, 11) is 0. The van der Waals surface area contributed by atoms with Gasteiger partial charge in [0, 0.05) is 23.4 Å². The highest BCUT2D eigenvalue weighted by Crippen LogP contribution is 2.40. The van der Waals surface area contributed by atoms with Crippen molar-refractivity contribution in [2.24, 2.45) is 0 Å². The van der Waals surface area contributed by atoms with Gasteiger partial charge < -0.3 is 10.2 Å². The zero-order valence-electron chi connectivity index (χ0n) is 16.8. The van der Waals surface area contributed by atoms with E-state index in [-0.39, 0.29) is 17.3 Å². The van der Waals surface area contributed by atoms with Gasteiger partial charge in [0.25, 0.3) is 5.56 Å². The summed E-state index contributed by atoms with van der Waals surface area (Å²) in [5, 5.41) is 30.0. The van der Waals surface area contributed by atoms with E-state index in [0.29, 0.717) is 33.8 Å². The number of hydrogen-bond donors (Lipinski definition) is 3. The fraction of sp³-hybridized carbons (Fsp3) is 0.0400. The van der Waals surface area contributed by atoms with Crippen LogP contribution >= 0.6 is 11.6 Å². The first-order valence-electron chi connectivity index (χ1n) is 9.97. The van der Waals surface area contributed by atoms with Gasteiger partial charge in [-0.2, -0.15) is 5.10 Å². The Kier molecular flexibility index (Phi) is 4.92. The third-order valence-corrected chi connectivity index (χ3v) is 5.76. The average molecular weight is 444 g/mol. The molecular weight excluding hydrogens is 426 g/mol. The predicted octanol–water partition coefficient (Wildman–Crippen LogP) is 5.04. The van der Waals surface area contributed by atoms with Gasteiger partial charge in [-0.05, 0) is 29.3 Å². The van der Waals surface area contributed by atoms with E-state index in [2.05, 4.69) is 10.2 Å². The summed E-state index contributed by atoms with van der Waals surface area (Å²) in [5.41, 5.74) is 3.03. The number of H-pyrrole nitrogens is 1. The maximum Gasteiger partial charge on any atom is 0.272 e. The van der Waals surface area contributed by atoms with E-state index >= 15 is 0 Å². The first-order valence-corrected chi connectivity index (χ1v) is 10.3. The van der Waals surface area contributed by atoms with Crippen LogP contribution in [-0.4, -0.2) is 25.0 Å². The van der Waals surface area contributed by atoms with Crippen LogP contribution in [0.25, 0.3) is 27.6 Å². The van der Waals surface area contributed by atoms with Crippen molar-refractivity contribution in [3.63, 3.8) is 0 Å². The maximum atomic E-state index is 12.1. The summed E-state index contributed by atoms with van der Waals surface area (Å²) in [5.74, 6) is -0.242. The molecule has 5 rings (SSSR count). The number of rotatable bonds is 4. The number of halogens is 1. The lowest BCUT2D eigenvalue weighted by molar-refractivity contribution is 0.403. The quantitative estimate of drug-likeness (QED) is 0.363. The molecule has 0 amide bonds. The molecule has 6 nitrogen and oxygen atoms in total. The van der Waals surface area contributed by atoms with E-state index in [0.717, 1.165) is 16.5 Å². The van der Waals surface area contributed by atoms with Crippen molar-refractivity contribution in [3.05, 3.63) is 105 Å². The SMILES string of the molecule is O=c1[nH]nc(Cc2ccc(Cl)c(-n3c(O)cc(-c4ccccc4)c3O)c2)c2ccccc12. The number of nitrogens with one attached hydrogen (secondary N) is 1. The van der Waals surface area contributed by atoms with Gasteiger partial charge in [0.15, 0.2) is 5.88 Å². The summed E-state index contributed by atoms with van der Waals surface area (Å²) in [4.78, 5) is 12.1. The van der Waals surface area contributed by atoms with Crippen molar-refractivity contribution in [3.8, 4) is 28.6 Å². The van der Waals surface area contributed by atoms with Crippen molar-refractivity contribution in [2.45, 2.75) is 6.42 Å². The third-order valence-electron chi connectivity index (χ3n) is 5.44. The van der Waals surface area contributed by atoms with Crippen molar-refractivity contribution < 1.29 is 10.2 Å². The van der Waals surface area contributed by atoms with Gasteiger partial charge in [-0.1, -0.05) is 66.2 Å². The van der Waals surface area contributed by atoms with Crippen LogP contribution in [0.3, 0.4) is 0 Å². The summed E-state index contributed by atoms with van der Waals surface area (Å²) >= 11 is 6.44. The lowest BCUT2D eigenvalue weighted by Gasteiger charge is -2.12. The van der Waals surface area contributed by atoms with Crippen molar-refractivity contribution in [1.29, 1.82) is 0 Å². The zero-order chi connectivity index (χ0) is 22.2. The minimum Gasteiger partial charge on any atom is -0.494 e. The number of hydrogen-bond acceptors (Lipinski definition) is 4. The highest BCUT2D eigenvalue weighted by atomic mass is 35.5. The minimum absolute atomic E-state index is 0.111. The molecule has 0 aliphatic heterocycles. The van der Waals surface area contributed by atoms with Gasteiger partial charge in [-0.15, -0.1) is 0 Å². The molecule has 0 aliphatic carbocycles. The molecule has 0 fully saturated rings. The fourth-order valence-electron chi connectivity index (χ4n) is 3.89. The molecule has 0 bridgehead atoms. The molecule has 0 saturated carbocycles. The van der Waals surface area contributed by atoms with Crippen molar-refractivity contribution in [1.82, 2.24) is 14.8 Å². The number of benzene rings is 3. The van der Waals surface area contributed by atoms with Crippen LogP contribution in [0.15, 0.2) is 83.7 Å². The Morgan fingerprint density at radius 1 is 0.906 bits per heavy atom. The third kappa shape index (κ3) is 3.40. The second kappa shape index (κ2) is 7.90. The largest absolute Gasteiger partial charge is 0.494 e. The van der Waals surface area contributed by atoms with E-state index in [1.807, 2.05) is 54.6 Å². The molecule has 7 heteroatoms. The summed E-state index contributed by atoms with van der Waals surface area (Å²) < 4.78 is 1.31. The van der Waals surface area contributed by atoms with Crippen LogP contribution in [0.2, 0.25) is 5.02 Å². The molecule has 2 aromatic heterocycles. The molecule has 0 saturated heterocycles. The Labute approximate surface area is 188 Å². The first-order chi connectivity index (χ1) is 15.5. The molecule has 3 N–H and O–H groups in total. The molecule has 5 aromatic rings. The summed E-state index contributed by atoms with van der Waals surface area (Å²) in [6.07, 6.45) is 0.426. The molecule has 158 valence electrons. The molecule has 32 heavy (non-hydrogen) atoms. The van der Waals surface area contributed by atoms with Gasteiger partial charge in [0.05, 0.1) is 21.8 Å². The van der Waals surface area contributed by atoms with E-state index in [1.54, 1.807) is 18.2 Å². The van der Waals surface area contributed by atoms with Gasteiger partial charge in [-0.25, -0.2) is 9.67 Å². The highest BCUT2D eigenvalue weighted by molar-refractivity contribution is 6.32. The van der Waals surface area contributed by atoms with E-state index in [9.17, 15) is 15.0 Å². The topological polar surface area (TPSA) is 91.1 Å². The van der Waals surface area contributed by atoms with Gasteiger partial charge in [0.1, 0.15) is 0 Å². The number of fused-ring (bicyclic) bond motifs is 1. The van der Waals surface area contributed by atoms with Gasteiger partial charge >= 0.3 is 0 Å². The highest BCUT2D eigenvalue weighted by Gasteiger charge is 2.19. The summed E-state index contributed by atoms with van der Waals surface area (Å²) in [6, 6.07) is 23.4. The standard InChI is InChI=1S/C25H18ClN3O3/c26-20-11-10-15(12-21-17-8-4-5-9-18(17)24(31)28-27-21)13-22(20)29-23(30)14-19(25(29)32)16-6-2-1-3-7-16/h1-11,13-14,30,32H,12H2,(H,28,31). The second-order valence-electron chi connectivity index (χ2n) is 7.45. The number of aromatic nitrogens is 3. The zero-order valence-corrected chi connectivity index (χ0v) is 17.5. The maximum absolute atomic E-state index is 12.1. The monoisotopic (exact) mass is 443 g/mol. The normalized spacial score (nSPS) is 11.2. The van der Waals surface area contributed by atoms with E-state index in [4.69, 9.17) is 11.6 Å². The lowest BCUT2D eigenvalue weighted by Crippen LogP contribution is -2.11. The summed E-state index contributed by atoms with van der Waals surface area (Å²) in [6.45, 7) is 0. The molecular formula is C25H18ClN3O3. The predicted molar refractivity (Wildman–Crippen MR) is 125 cm³/mol. The van der Waals surface area contributed by atoms with Gasteiger partial charge in [-0.3, -0.25) is 4.79 Å². The Morgan fingerprint density at radius 2 is 1.62 bits per heavy atom. The fourth-order valence-corrected chi connectivity index (χ4v) is 4.10. The smallest absolute Gasteiger partial charge is 0.272 e. The van der Waals surface area contributed by atoms with E-state index in [1.165, 1.54) is 10.6 Å².